The van der Waals surface area contributed by atoms with Crippen molar-refractivity contribution >= 4 is 5.91 Å². The zero-order chi connectivity index (χ0) is 12.5. The van der Waals surface area contributed by atoms with Crippen molar-refractivity contribution in [2.45, 2.75) is 38.5 Å². The zero-order valence-corrected chi connectivity index (χ0v) is 10.7. The molecule has 2 fully saturated rings. The fourth-order valence-corrected chi connectivity index (χ4v) is 2.85. The average Bonchev–Trinajstić information content (AvgIpc) is 2.25. The number of amides is 1. The number of nitrogens with zero attached hydrogens (tertiary/aromatic N) is 2. The van der Waals surface area contributed by atoms with Crippen LogP contribution in [0.25, 0.3) is 0 Å². The van der Waals surface area contributed by atoms with Crippen LogP contribution in [0.1, 0.15) is 28.1 Å². The van der Waals surface area contributed by atoms with E-state index in [-0.39, 0.29) is 7.33 Å². The molecule has 0 aromatic carbocycles. The summed E-state index contributed by atoms with van der Waals surface area (Å²) in [6.45, 7) is 7.56. The topological polar surface area (TPSA) is 35.6 Å². The molecule has 0 aromatic rings. The van der Waals surface area contributed by atoms with E-state index < -0.39 is 5.79 Å². The van der Waals surface area contributed by atoms with E-state index in [4.69, 9.17) is 0 Å². The van der Waals surface area contributed by atoms with Gasteiger partial charge in [0.05, 0.1) is 13.1 Å². The number of nitrogens with one attached hydrogen (secondary N) is 1. The number of alkyl halides is 1. The Labute approximate surface area is 104 Å². The van der Waals surface area contributed by atoms with E-state index in [1.165, 1.54) is 6.92 Å². The maximum absolute atomic E-state index is 13.9. The number of likely N-dealkylation sites (tertiary alicyclic amines) is 2. The smallest absolute Gasteiger partial charge is 0.219 e. The molecule has 2 aliphatic heterocycles. The number of hydrogen-bond acceptors (Lipinski definition) is 3. The normalized spacial score (nSPS) is 26.5. The molecule has 17 heavy (non-hydrogen) atoms. The summed E-state index contributed by atoms with van der Waals surface area (Å²) in [5.41, 5.74) is 0. The van der Waals surface area contributed by atoms with Crippen molar-refractivity contribution in [3.63, 3.8) is 0 Å². The Morgan fingerprint density at radius 3 is 2.53 bits per heavy atom. The SMILES string of the molecule is CCN1CCC(N2CC(F)(NC(C)=O)C2)CC1.[HH]. The molecule has 2 saturated heterocycles. The lowest BCUT2D eigenvalue weighted by atomic mass is 9.96. The summed E-state index contributed by atoms with van der Waals surface area (Å²) in [4.78, 5) is 15.4. The van der Waals surface area contributed by atoms with Gasteiger partial charge in [-0.05, 0) is 32.5 Å². The van der Waals surface area contributed by atoms with E-state index in [0.717, 1.165) is 32.5 Å². The molecule has 1 amide bonds. The second-order valence-electron chi connectivity index (χ2n) is 5.22. The third-order valence-corrected chi connectivity index (χ3v) is 3.83. The molecule has 100 valence electrons. The highest BCUT2D eigenvalue weighted by Crippen LogP contribution is 2.28. The number of carbonyl (C=O) groups is 1. The van der Waals surface area contributed by atoms with E-state index in [2.05, 4.69) is 22.0 Å². The second kappa shape index (κ2) is 4.90. The molecule has 0 atom stereocenters. The molecule has 0 aromatic heterocycles. The van der Waals surface area contributed by atoms with Crippen LogP contribution in [-0.2, 0) is 4.79 Å². The van der Waals surface area contributed by atoms with Crippen LogP contribution < -0.4 is 5.32 Å². The van der Waals surface area contributed by atoms with Gasteiger partial charge in [0.2, 0.25) is 11.7 Å². The summed E-state index contributed by atoms with van der Waals surface area (Å²) in [5.74, 6) is -1.76. The van der Waals surface area contributed by atoms with Crippen molar-refractivity contribution in [1.82, 2.24) is 15.1 Å². The van der Waals surface area contributed by atoms with Crippen molar-refractivity contribution in [1.29, 1.82) is 0 Å². The lowest BCUT2D eigenvalue weighted by Crippen LogP contribution is -2.70. The second-order valence-corrected chi connectivity index (χ2v) is 5.22. The van der Waals surface area contributed by atoms with Crippen LogP contribution in [0.4, 0.5) is 4.39 Å². The average molecular weight is 245 g/mol. The Balaban J connectivity index is 0.00000162. The van der Waals surface area contributed by atoms with Gasteiger partial charge in [0.1, 0.15) is 0 Å². The Morgan fingerprint density at radius 1 is 1.47 bits per heavy atom. The van der Waals surface area contributed by atoms with Gasteiger partial charge in [-0.15, -0.1) is 0 Å². The van der Waals surface area contributed by atoms with Gasteiger partial charge < -0.3 is 10.2 Å². The van der Waals surface area contributed by atoms with Crippen LogP contribution in [0.15, 0.2) is 0 Å². The monoisotopic (exact) mass is 245 g/mol. The number of rotatable bonds is 3. The Bertz CT molecular complexity index is 289. The van der Waals surface area contributed by atoms with Crippen LogP contribution >= 0.6 is 0 Å². The van der Waals surface area contributed by atoms with E-state index in [9.17, 15) is 9.18 Å². The van der Waals surface area contributed by atoms with Crippen LogP contribution in [-0.4, -0.2) is 60.3 Å². The number of piperidine rings is 1. The highest BCUT2D eigenvalue weighted by atomic mass is 19.1. The van der Waals surface area contributed by atoms with Gasteiger partial charge in [0.15, 0.2) is 0 Å². The summed E-state index contributed by atoms with van der Waals surface area (Å²) in [7, 11) is 0. The van der Waals surface area contributed by atoms with Crippen LogP contribution in [0.2, 0.25) is 0 Å². The molecular weight excluding hydrogens is 221 g/mol. The van der Waals surface area contributed by atoms with Gasteiger partial charge in [0.25, 0.3) is 0 Å². The van der Waals surface area contributed by atoms with Crippen LogP contribution in [0, 0.1) is 0 Å². The van der Waals surface area contributed by atoms with E-state index in [0.29, 0.717) is 19.1 Å². The summed E-state index contributed by atoms with van der Waals surface area (Å²) in [5, 5.41) is 2.39. The number of halogens is 1. The molecule has 5 heteroatoms. The summed E-state index contributed by atoms with van der Waals surface area (Å²) in [6, 6.07) is 0.496. The first-order valence-electron chi connectivity index (χ1n) is 6.46. The fourth-order valence-electron chi connectivity index (χ4n) is 2.85. The zero-order valence-electron chi connectivity index (χ0n) is 10.7. The lowest BCUT2D eigenvalue weighted by molar-refractivity contribution is -0.134. The Kier molecular flexibility index (Phi) is 3.68. The van der Waals surface area contributed by atoms with Crippen molar-refractivity contribution in [2.24, 2.45) is 0 Å². The molecule has 2 rings (SSSR count). The third-order valence-electron chi connectivity index (χ3n) is 3.83. The van der Waals surface area contributed by atoms with E-state index in [1.54, 1.807) is 0 Å². The van der Waals surface area contributed by atoms with Gasteiger partial charge in [-0.2, -0.15) is 0 Å². The van der Waals surface area contributed by atoms with Crippen LogP contribution in [0.3, 0.4) is 0 Å². The molecule has 2 aliphatic rings. The molecule has 0 radical (unpaired) electrons. The predicted molar refractivity (Wildman–Crippen MR) is 66.5 cm³/mol. The van der Waals surface area contributed by atoms with E-state index in [1.807, 2.05) is 0 Å². The van der Waals surface area contributed by atoms with Crippen LogP contribution in [0.5, 0.6) is 0 Å². The third kappa shape index (κ3) is 2.96. The van der Waals surface area contributed by atoms with Gasteiger partial charge in [-0.1, -0.05) is 6.92 Å². The summed E-state index contributed by atoms with van der Waals surface area (Å²) < 4.78 is 13.9. The first-order valence-corrected chi connectivity index (χ1v) is 6.46. The maximum Gasteiger partial charge on any atom is 0.219 e. The van der Waals surface area contributed by atoms with Crippen molar-refractivity contribution in [3.8, 4) is 0 Å². The largest absolute Gasteiger partial charge is 0.322 e. The molecule has 1 N–H and O–H groups in total. The quantitative estimate of drug-likeness (QED) is 0.748. The van der Waals surface area contributed by atoms with Crippen molar-refractivity contribution < 1.29 is 10.6 Å². The minimum absolute atomic E-state index is 0. The van der Waals surface area contributed by atoms with Crippen molar-refractivity contribution in [2.75, 3.05) is 32.7 Å². The van der Waals surface area contributed by atoms with Gasteiger partial charge in [0, 0.05) is 14.4 Å². The number of carbonyl (C=O) groups excluding carboxylic acids is 1. The fraction of sp³-hybridized carbons (Fsp3) is 0.917. The summed E-state index contributed by atoms with van der Waals surface area (Å²) >= 11 is 0. The van der Waals surface area contributed by atoms with Gasteiger partial charge in [-0.25, -0.2) is 4.39 Å². The highest BCUT2D eigenvalue weighted by molar-refractivity contribution is 5.73. The van der Waals surface area contributed by atoms with Crippen molar-refractivity contribution in [3.05, 3.63) is 0 Å². The first-order chi connectivity index (χ1) is 8.02. The molecule has 4 nitrogen and oxygen atoms in total. The molecule has 0 aliphatic carbocycles. The molecule has 0 spiro atoms. The number of hydrogen-bond donors (Lipinski definition) is 1. The summed E-state index contributed by atoms with van der Waals surface area (Å²) in [6.07, 6.45) is 2.23. The Morgan fingerprint density at radius 2 is 2.06 bits per heavy atom. The molecule has 2 heterocycles. The standard InChI is InChI=1S/C12H22FN3O.H2/c1-3-15-6-4-11(5-7-15)16-8-12(13,9-16)14-10(2)17;/h11H,3-9H2,1-2H3,(H,14,17);1H. The maximum atomic E-state index is 13.9. The molecule has 0 unspecified atom stereocenters. The Hall–Kier alpha value is -0.680. The molecule has 0 saturated carbocycles. The minimum atomic E-state index is -1.48. The highest BCUT2D eigenvalue weighted by Gasteiger charge is 2.47. The lowest BCUT2D eigenvalue weighted by Gasteiger charge is -2.50. The van der Waals surface area contributed by atoms with Gasteiger partial charge in [-0.3, -0.25) is 9.69 Å². The molecular formula is C12H24FN3O. The first kappa shape index (κ1) is 12.8. The molecule has 0 bridgehead atoms. The minimum Gasteiger partial charge on any atom is -0.322 e. The van der Waals surface area contributed by atoms with E-state index >= 15 is 0 Å². The predicted octanol–water partition coefficient (Wildman–Crippen LogP) is 0.834. The van der Waals surface area contributed by atoms with Gasteiger partial charge >= 0.3 is 0 Å².